The van der Waals surface area contributed by atoms with Crippen LogP contribution in [0.4, 0.5) is 4.39 Å². The maximum absolute atomic E-state index is 14.3. The Morgan fingerprint density at radius 2 is 1.81 bits per heavy atom. The Bertz CT molecular complexity index is 638. The maximum atomic E-state index is 14.3. The van der Waals surface area contributed by atoms with Gasteiger partial charge >= 0.3 is 0 Å². The molecule has 2 rings (SSSR count). The predicted octanol–water partition coefficient (Wildman–Crippen LogP) is 5.36. The molecule has 21 heavy (non-hydrogen) atoms. The summed E-state index contributed by atoms with van der Waals surface area (Å²) in [6, 6.07) is 12.4. The van der Waals surface area contributed by atoms with E-state index in [-0.39, 0.29) is 0 Å². The summed E-state index contributed by atoms with van der Waals surface area (Å²) in [4.78, 5) is 0. The summed E-state index contributed by atoms with van der Waals surface area (Å²) in [5.41, 5.74) is 4.46. The molecule has 0 heterocycles. The van der Waals surface area contributed by atoms with E-state index < -0.39 is 5.67 Å². The fraction of sp³-hybridized carbons (Fsp3) is 0.368. The van der Waals surface area contributed by atoms with Gasteiger partial charge in [0.05, 0.1) is 0 Å². The van der Waals surface area contributed by atoms with Crippen molar-refractivity contribution in [2.75, 3.05) is 6.66 Å². The van der Waals surface area contributed by atoms with E-state index in [4.69, 9.17) is 0 Å². The molecule has 0 bridgehead atoms. The lowest BCUT2D eigenvalue weighted by Crippen LogP contribution is -2.10. The molecule has 0 aliphatic rings. The third kappa shape index (κ3) is 3.35. The molecule has 2 aromatic carbocycles. The van der Waals surface area contributed by atoms with Gasteiger partial charge < -0.3 is 0 Å². The molecule has 0 amide bonds. The quantitative estimate of drug-likeness (QED) is 0.667. The van der Waals surface area contributed by atoms with Crippen molar-refractivity contribution < 1.29 is 4.39 Å². The molecule has 0 saturated carbocycles. The number of alkyl halides is 1. The molecule has 2 aromatic rings. The molecule has 0 spiro atoms. The third-order valence-corrected chi connectivity index (χ3v) is 5.02. The van der Waals surface area contributed by atoms with Crippen molar-refractivity contribution in [1.82, 2.24) is 0 Å². The molecule has 0 saturated heterocycles. The first kappa shape index (κ1) is 16.2. The van der Waals surface area contributed by atoms with Crippen molar-refractivity contribution in [3.8, 4) is 11.1 Å². The second kappa shape index (κ2) is 6.28. The van der Waals surface area contributed by atoms with Crippen LogP contribution in [0.3, 0.4) is 0 Å². The first-order valence-corrected chi connectivity index (χ1v) is 8.98. The Hall–Kier alpha value is -1.20. The molecule has 0 aliphatic carbocycles. The zero-order valence-electron chi connectivity index (χ0n) is 13.5. The number of hydrogen-bond donors (Lipinski definition) is 0. The van der Waals surface area contributed by atoms with E-state index in [2.05, 4.69) is 38.7 Å². The monoisotopic (exact) mass is 302 g/mol. The van der Waals surface area contributed by atoms with Crippen molar-refractivity contribution in [3.05, 3.63) is 53.1 Å². The Morgan fingerprint density at radius 3 is 2.38 bits per heavy atom. The van der Waals surface area contributed by atoms with Gasteiger partial charge in [-0.15, -0.1) is 0 Å². The Morgan fingerprint density at radius 1 is 1.10 bits per heavy atom. The Kier molecular flexibility index (Phi) is 4.84. The molecule has 0 radical (unpaired) electrons. The summed E-state index contributed by atoms with van der Waals surface area (Å²) in [6.07, 6.45) is 1.01. The van der Waals surface area contributed by atoms with Gasteiger partial charge in [0.15, 0.2) is 0 Å². The molecule has 0 aliphatic heterocycles. The normalized spacial score (nSPS) is 12.3. The van der Waals surface area contributed by atoms with Crippen molar-refractivity contribution in [2.24, 2.45) is 0 Å². The highest BCUT2D eigenvalue weighted by Gasteiger charge is 2.20. The lowest BCUT2D eigenvalue weighted by Gasteiger charge is -2.19. The number of halogens is 1. The van der Waals surface area contributed by atoms with E-state index in [0.29, 0.717) is 0 Å². The Labute approximate surface area is 129 Å². The zero-order chi connectivity index (χ0) is 15.6. The summed E-state index contributed by atoms with van der Waals surface area (Å²) in [5.74, 6) is 0. The van der Waals surface area contributed by atoms with Crippen LogP contribution in [-0.4, -0.2) is 6.66 Å². The largest absolute Gasteiger partial charge is 0.239 e. The molecule has 2 heteroatoms. The highest BCUT2D eigenvalue weighted by Crippen LogP contribution is 2.33. The molecule has 0 aromatic heterocycles. The molecule has 1 unspecified atom stereocenters. The molecule has 0 N–H and O–H groups in total. The van der Waals surface area contributed by atoms with Gasteiger partial charge in [0.2, 0.25) is 0 Å². The van der Waals surface area contributed by atoms with E-state index in [1.54, 1.807) is 13.8 Å². The molecule has 112 valence electrons. The molecule has 0 fully saturated rings. The first-order chi connectivity index (χ1) is 9.88. The summed E-state index contributed by atoms with van der Waals surface area (Å²) >= 11 is 0. The van der Waals surface area contributed by atoms with Gasteiger partial charge in [-0.3, -0.25) is 0 Å². The third-order valence-electron chi connectivity index (χ3n) is 4.01. The lowest BCUT2D eigenvalue weighted by atomic mass is 9.90. The van der Waals surface area contributed by atoms with Crippen LogP contribution in [0.5, 0.6) is 0 Å². The lowest BCUT2D eigenvalue weighted by molar-refractivity contribution is 0.221. The molecular formula is C19H24FP. The van der Waals surface area contributed by atoms with E-state index in [0.717, 1.165) is 26.1 Å². The van der Waals surface area contributed by atoms with Crippen molar-refractivity contribution in [2.45, 2.75) is 39.8 Å². The SMILES string of the molecule is CCc1c(PC)cccc1-c1cc(C(C)(C)F)ccc1C. The van der Waals surface area contributed by atoms with Crippen LogP contribution in [-0.2, 0) is 12.1 Å². The van der Waals surface area contributed by atoms with Crippen molar-refractivity contribution >= 4 is 13.9 Å². The minimum atomic E-state index is -1.31. The van der Waals surface area contributed by atoms with Gasteiger partial charge in [0, 0.05) is 0 Å². The second-order valence-corrected chi connectivity index (χ2v) is 6.98. The summed E-state index contributed by atoms with van der Waals surface area (Å²) in [5, 5.41) is 1.42. The maximum Gasteiger partial charge on any atom is 0.130 e. The van der Waals surface area contributed by atoms with E-state index in [1.807, 2.05) is 18.2 Å². The van der Waals surface area contributed by atoms with Crippen LogP contribution in [0.2, 0.25) is 0 Å². The standard InChI is InChI=1S/C19H24FP/c1-6-15-16(8-7-9-18(15)21-5)17-12-14(19(3,4)20)11-10-13(17)2/h7-12,21H,6H2,1-5H3. The van der Waals surface area contributed by atoms with Gasteiger partial charge in [-0.2, -0.15) is 0 Å². The highest BCUT2D eigenvalue weighted by molar-refractivity contribution is 7.46. The molecule has 0 nitrogen and oxygen atoms in total. The average Bonchev–Trinajstić information content (AvgIpc) is 2.45. The Balaban J connectivity index is 2.67. The predicted molar refractivity (Wildman–Crippen MR) is 94.0 cm³/mol. The minimum absolute atomic E-state index is 0.745. The van der Waals surface area contributed by atoms with E-state index in [1.165, 1.54) is 22.0 Å². The van der Waals surface area contributed by atoms with Crippen LogP contribution in [0.25, 0.3) is 11.1 Å². The minimum Gasteiger partial charge on any atom is -0.239 e. The number of hydrogen-bond acceptors (Lipinski definition) is 0. The second-order valence-electron chi connectivity index (χ2n) is 5.94. The summed E-state index contributed by atoms with van der Waals surface area (Å²) in [7, 11) is 0.786. The van der Waals surface area contributed by atoms with Gasteiger partial charge in [-0.25, -0.2) is 4.39 Å². The van der Waals surface area contributed by atoms with Gasteiger partial charge in [0.1, 0.15) is 5.67 Å². The van der Waals surface area contributed by atoms with Crippen molar-refractivity contribution in [3.63, 3.8) is 0 Å². The van der Waals surface area contributed by atoms with Crippen LogP contribution in [0.15, 0.2) is 36.4 Å². The van der Waals surface area contributed by atoms with Gasteiger partial charge in [-0.05, 0) is 73.0 Å². The summed E-state index contributed by atoms with van der Waals surface area (Å²) < 4.78 is 14.3. The first-order valence-electron chi connectivity index (χ1n) is 7.48. The molecule has 1 atom stereocenters. The van der Waals surface area contributed by atoms with Gasteiger partial charge in [-0.1, -0.05) is 45.8 Å². The zero-order valence-corrected chi connectivity index (χ0v) is 14.5. The van der Waals surface area contributed by atoms with Crippen LogP contribution in [0.1, 0.15) is 37.5 Å². The number of rotatable bonds is 4. The van der Waals surface area contributed by atoms with Gasteiger partial charge in [0.25, 0.3) is 0 Å². The molecular weight excluding hydrogens is 278 g/mol. The van der Waals surface area contributed by atoms with Crippen molar-refractivity contribution in [1.29, 1.82) is 0 Å². The fourth-order valence-corrected chi connectivity index (χ4v) is 3.61. The van der Waals surface area contributed by atoms with Crippen LogP contribution >= 0.6 is 8.58 Å². The van der Waals surface area contributed by atoms with Crippen LogP contribution < -0.4 is 5.30 Å². The smallest absolute Gasteiger partial charge is 0.130 e. The topological polar surface area (TPSA) is 0 Å². The number of benzene rings is 2. The highest BCUT2D eigenvalue weighted by atomic mass is 31.1. The summed E-state index contributed by atoms with van der Waals surface area (Å²) in [6.45, 7) is 9.75. The van der Waals surface area contributed by atoms with E-state index in [9.17, 15) is 4.39 Å². The number of aryl methyl sites for hydroxylation is 1. The fourth-order valence-electron chi connectivity index (χ4n) is 2.74. The van der Waals surface area contributed by atoms with Crippen LogP contribution in [0, 0.1) is 6.92 Å². The van der Waals surface area contributed by atoms with E-state index >= 15 is 0 Å². The average molecular weight is 302 g/mol.